The number of esters is 2. The number of allylic oxidation sites excluding steroid dienone is 1. The first-order chi connectivity index (χ1) is 15.2. The molecule has 31 heavy (non-hydrogen) atoms. The van der Waals surface area contributed by atoms with Crippen LogP contribution >= 0.6 is 0 Å². The van der Waals surface area contributed by atoms with Crippen LogP contribution in [0.4, 0.5) is 0 Å². The minimum Gasteiger partial charge on any atom is -0.466 e. The highest BCUT2D eigenvalue weighted by atomic mass is 16.5. The molecule has 0 aromatic heterocycles. The monoisotopic (exact) mass is 438 g/mol. The molecule has 0 aromatic carbocycles. The van der Waals surface area contributed by atoms with Crippen molar-refractivity contribution in [1.82, 2.24) is 0 Å². The molecule has 0 rings (SSSR count). The van der Waals surface area contributed by atoms with Crippen LogP contribution in [0.2, 0.25) is 0 Å². The molecule has 0 saturated carbocycles. The maximum atomic E-state index is 11.7. The summed E-state index contributed by atoms with van der Waals surface area (Å²) in [6, 6.07) is 0. The number of rotatable bonds is 23. The van der Waals surface area contributed by atoms with Gasteiger partial charge in [0.2, 0.25) is 0 Å². The summed E-state index contributed by atoms with van der Waals surface area (Å²) in [7, 11) is 0. The van der Waals surface area contributed by atoms with Gasteiger partial charge in [-0.05, 0) is 25.7 Å². The third kappa shape index (κ3) is 24.8. The molecule has 0 amide bonds. The summed E-state index contributed by atoms with van der Waals surface area (Å²) in [6.45, 7) is 5.30. The SMILES string of the molecule is CCCCCCCCC/C=C/COC(=O)CCCC(=O)OCCCCCCCCCC. The number of hydrogen-bond donors (Lipinski definition) is 0. The molecule has 0 aliphatic rings. The molecule has 0 spiro atoms. The Morgan fingerprint density at radius 2 is 1.03 bits per heavy atom. The molecule has 0 N–H and O–H groups in total. The van der Waals surface area contributed by atoms with Crippen molar-refractivity contribution in [2.45, 2.75) is 136 Å². The summed E-state index contributed by atoms with van der Waals surface area (Å²) in [4.78, 5) is 23.4. The third-order valence-electron chi connectivity index (χ3n) is 5.50. The summed E-state index contributed by atoms with van der Waals surface area (Å²) in [5.41, 5.74) is 0. The second kappa shape index (κ2) is 24.9. The van der Waals surface area contributed by atoms with E-state index in [0.29, 0.717) is 26.1 Å². The Morgan fingerprint density at radius 3 is 1.61 bits per heavy atom. The molecule has 0 aromatic rings. The topological polar surface area (TPSA) is 52.6 Å². The Morgan fingerprint density at radius 1 is 0.548 bits per heavy atom. The summed E-state index contributed by atoms with van der Waals surface area (Å²) >= 11 is 0. The van der Waals surface area contributed by atoms with Gasteiger partial charge in [-0.15, -0.1) is 0 Å². The van der Waals surface area contributed by atoms with E-state index in [1.807, 2.05) is 6.08 Å². The van der Waals surface area contributed by atoms with Crippen LogP contribution in [0, 0.1) is 0 Å². The van der Waals surface area contributed by atoms with Gasteiger partial charge in [-0.25, -0.2) is 0 Å². The lowest BCUT2D eigenvalue weighted by atomic mass is 10.1. The molecule has 0 fully saturated rings. The van der Waals surface area contributed by atoms with Gasteiger partial charge in [-0.3, -0.25) is 9.59 Å². The van der Waals surface area contributed by atoms with Gasteiger partial charge in [0.05, 0.1) is 6.61 Å². The van der Waals surface area contributed by atoms with Crippen molar-refractivity contribution in [3.8, 4) is 0 Å². The van der Waals surface area contributed by atoms with E-state index in [1.165, 1.54) is 83.5 Å². The van der Waals surface area contributed by atoms with Crippen molar-refractivity contribution in [2.75, 3.05) is 13.2 Å². The van der Waals surface area contributed by atoms with Crippen LogP contribution in [0.5, 0.6) is 0 Å². The average molecular weight is 439 g/mol. The average Bonchev–Trinajstić information content (AvgIpc) is 2.76. The Bertz CT molecular complexity index is 431. The Hall–Kier alpha value is -1.32. The van der Waals surface area contributed by atoms with Gasteiger partial charge >= 0.3 is 11.9 Å². The molecule has 0 bridgehead atoms. The van der Waals surface area contributed by atoms with E-state index in [2.05, 4.69) is 19.9 Å². The molecule has 0 saturated heterocycles. The predicted octanol–water partition coefficient (Wildman–Crippen LogP) is 8.08. The van der Waals surface area contributed by atoms with Gasteiger partial charge in [-0.2, -0.15) is 0 Å². The summed E-state index contributed by atoms with van der Waals surface area (Å²) < 4.78 is 10.4. The van der Waals surface area contributed by atoms with E-state index < -0.39 is 0 Å². The zero-order chi connectivity index (χ0) is 22.8. The van der Waals surface area contributed by atoms with E-state index >= 15 is 0 Å². The standard InChI is InChI=1S/C27H50O4/c1-3-5-7-9-11-13-14-16-18-20-25-31-27(29)23-21-22-26(28)30-24-19-17-15-12-10-8-6-4-2/h18,20H,3-17,19,21-25H2,1-2H3/b20-18+. The normalized spacial score (nSPS) is 11.2. The Labute approximate surface area is 192 Å². The fraction of sp³-hybridized carbons (Fsp3) is 0.852. The molecular formula is C27H50O4. The van der Waals surface area contributed by atoms with Gasteiger partial charge in [-0.1, -0.05) is 109 Å². The van der Waals surface area contributed by atoms with Gasteiger partial charge in [0.1, 0.15) is 6.61 Å². The largest absolute Gasteiger partial charge is 0.466 e. The van der Waals surface area contributed by atoms with Crippen LogP contribution in [0.25, 0.3) is 0 Å². The van der Waals surface area contributed by atoms with Gasteiger partial charge in [0.25, 0.3) is 0 Å². The summed E-state index contributed by atoms with van der Waals surface area (Å²) in [5, 5.41) is 0. The molecule has 0 unspecified atom stereocenters. The van der Waals surface area contributed by atoms with Gasteiger partial charge < -0.3 is 9.47 Å². The lowest BCUT2D eigenvalue weighted by Crippen LogP contribution is -2.08. The fourth-order valence-electron chi connectivity index (χ4n) is 3.49. The highest BCUT2D eigenvalue weighted by Crippen LogP contribution is 2.10. The lowest BCUT2D eigenvalue weighted by Gasteiger charge is -2.05. The summed E-state index contributed by atoms with van der Waals surface area (Å²) in [6.07, 6.45) is 25.1. The van der Waals surface area contributed by atoms with Crippen LogP contribution in [0.1, 0.15) is 136 Å². The second-order valence-corrected chi connectivity index (χ2v) is 8.61. The first-order valence-electron chi connectivity index (χ1n) is 13.2. The van der Waals surface area contributed by atoms with Crippen LogP contribution in [-0.2, 0) is 19.1 Å². The third-order valence-corrected chi connectivity index (χ3v) is 5.50. The predicted molar refractivity (Wildman–Crippen MR) is 130 cm³/mol. The number of carbonyl (C=O) groups is 2. The molecule has 0 radical (unpaired) electrons. The number of ether oxygens (including phenoxy) is 2. The van der Waals surface area contributed by atoms with Crippen LogP contribution < -0.4 is 0 Å². The number of hydrogen-bond acceptors (Lipinski definition) is 4. The molecule has 4 nitrogen and oxygen atoms in total. The highest BCUT2D eigenvalue weighted by Gasteiger charge is 2.06. The zero-order valence-corrected chi connectivity index (χ0v) is 20.6. The first kappa shape index (κ1) is 29.7. The van der Waals surface area contributed by atoms with Crippen molar-refractivity contribution in [3.05, 3.63) is 12.2 Å². The van der Waals surface area contributed by atoms with E-state index in [1.54, 1.807) is 0 Å². The van der Waals surface area contributed by atoms with Crippen LogP contribution in [0.3, 0.4) is 0 Å². The van der Waals surface area contributed by atoms with Crippen molar-refractivity contribution < 1.29 is 19.1 Å². The van der Waals surface area contributed by atoms with Crippen molar-refractivity contribution in [3.63, 3.8) is 0 Å². The van der Waals surface area contributed by atoms with Crippen molar-refractivity contribution in [2.24, 2.45) is 0 Å². The van der Waals surface area contributed by atoms with Gasteiger partial charge in [0.15, 0.2) is 0 Å². The number of carbonyl (C=O) groups excluding carboxylic acids is 2. The molecule has 0 aliphatic carbocycles. The van der Waals surface area contributed by atoms with E-state index in [9.17, 15) is 9.59 Å². The Kier molecular flexibility index (Phi) is 23.9. The molecule has 0 aliphatic heterocycles. The Balaban J connectivity index is 3.38. The maximum absolute atomic E-state index is 11.7. The van der Waals surface area contributed by atoms with Crippen LogP contribution in [-0.4, -0.2) is 25.2 Å². The zero-order valence-electron chi connectivity index (χ0n) is 20.6. The van der Waals surface area contributed by atoms with Crippen molar-refractivity contribution in [1.29, 1.82) is 0 Å². The number of unbranched alkanes of at least 4 members (excludes halogenated alkanes) is 14. The van der Waals surface area contributed by atoms with Crippen LogP contribution in [0.15, 0.2) is 12.2 Å². The minimum atomic E-state index is -0.239. The molecule has 182 valence electrons. The second-order valence-electron chi connectivity index (χ2n) is 8.61. The maximum Gasteiger partial charge on any atom is 0.306 e. The summed E-state index contributed by atoms with van der Waals surface area (Å²) in [5.74, 6) is -0.443. The van der Waals surface area contributed by atoms with E-state index in [4.69, 9.17) is 9.47 Å². The molecule has 0 heterocycles. The lowest BCUT2D eigenvalue weighted by molar-refractivity contribution is -0.145. The molecular weight excluding hydrogens is 388 g/mol. The fourth-order valence-corrected chi connectivity index (χ4v) is 3.49. The molecule has 4 heteroatoms. The first-order valence-corrected chi connectivity index (χ1v) is 13.2. The van der Waals surface area contributed by atoms with Gasteiger partial charge in [0, 0.05) is 12.8 Å². The smallest absolute Gasteiger partial charge is 0.306 e. The van der Waals surface area contributed by atoms with E-state index in [-0.39, 0.29) is 18.4 Å². The highest BCUT2D eigenvalue weighted by molar-refractivity contribution is 5.72. The quantitative estimate of drug-likeness (QED) is 0.0919. The van der Waals surface area contributed by atoms with Crippen molar-refractivity contribution >= 4 is 11.9 Å². The van der Waals surface area contributed by atoms with E-state index in [0.717, 1.165) is 19.3 Å². The molecule has 0 atom stereocenters. The minimum absolute atomic E-state index is 0.203.